The summed E-state index contributed by atoms with van der Waals surface area (Å²) in [6.07, 6.45) is 1.13. The first-order valence-corrected chi connectivity index (χ1v) is 14.6. The minimum Gasteiger partial charge on any atom is -0.315 e. The Balaban J connectivity index is 0.00000323. The summed E-state index contributed by atoms with van der Waals surface area (Å²) in [5.74, 6) is 0. The molecular formula is C34H41MnN5+2. The first kappa shape index (κ1) is 29.0. The van der Waals surface area contributed by atoms with Gasteiger partial charge in [0.05, 0.1) is 0 Å². The van der Waals surface area contributed by atoms with Crippen molar-refractivity contribution in [2.75, 3.05) is 52.4 Å². The predicted octanol–water partition coefficient (Wildman–Crippen LogP) is 4.85. The Bertz CT molecular complexity index is 1460. The van der Waals surface area contributed by atoms with Crippen LogP contribution in [0.25, 0.3) is 32.3 Å². The second-order valence-corrected chi connectivity index (χ2v) is 10.9. The third-order valence-corrected chi connectivity index (χ3v) is 8.11. The fourth-order valence-electron chi connectivity index (χ4n) is 6.00. The first-order chi connectivity index (χ1) is 19.3. The Labute approximate surface area is 248 Å². The number of nitrogens with zero attached hydrogens (tertiary/aromatic N) is 1. The molecule has 0 saturated carbocycles. The number of nitrogens with one attached hydrogen (secondary N) is 4. The van der Waals surface area contributed by atoms with Crippen LogP contribution in [-0.4, -0.2) is 57.3 Å². The summed E-state index contributed by atoms with van der Waals surface area (Å²) >= 11 is 0. The first-order valence-electron chi connectivity index (χ1n) is 14.6. The minimum atomic E-state index is 0. The Morgan fingerprint density at radius 2 is 1.27 bits per heavy atom. The van der Waals surface area contributed by atoms with Crippen LogP contribution in [0.2, 0.25) is 0 Å². The molecule has 0 amide bonds. The van der Waals surface area contributed by atoms with E-state index in [1.807, 2.05) is 0 Å². The molecule has 5 nitrogen and oxygen atoms in total. The van der Waals surface area contributed by atoms with Crippen molar-refractivity contribution in [3.05, 3.63) is 95.6 Å². The van der Waals surface area contributed by atoms with Crippen molar-refractivity contribution in [3.63, 3.8) is 0 Å². The van der Waals surface area contributed by atoms with E-state index >= 15 is 0 Å². The van der Waals surface area contributed by atoms with Gasteiger partial charge in [-0.05, 0) is 68.5 Å². The molecule has 0 aliphatic carbocycles. The van der Waals surface area contributed by atoms with E-state index in [2.05, 4.69) is 105 Å². The standard InChI is InChI=1S/C34H41N5.Mn/c1-4-26-22-27(5-1)24-38-18-21-39(20-17-37-23-26)19-16-35-14-3-15-36-25-31-11-10-30-9-8-28-6-2-7-29-12-13-32(31)34(30)33(28)29;/h1-2,4-13,22,35-38H,3,14-21,23-25H2;/q;+2. The molecule has 5 aromatic rings. The summed E-state index contributed by atoms with van der Waals surface area (Å²) in [5.41, 5.74) is 4.13. The number of hydrogen-bond donors (Lipinski definition) is 4. The molecule has 4 N–H and O–H groups in total. The van der Waals surface area contributed by atoms with Gasteiger partial charge in [-0.2, -0.15) is 0 Å². The summed E-state index contributed by atoms with van der Waals surface area (Å²) in [4.78, 5) is 2.56. The van der Waals surface area contributed by atoms with E-state index in [1.54, 1.807) is 0 Å². The fraction of sp³-hybridized carbons (Fsp3) is 0.353. The summed E-state index contributed by atoms with van der Waals surface area (Å²) < 4.78 is 0. The van der Waals surface area contributed by atoms with Crippen LogP contribution in [0.4, 0.5) is 0 Å². The van der Waals surface area contributed by atoms with E-state index in [9.17, 15) is 0 Å². The van der Waals surface area contributed by atoms with Crippen LogP contribution >= 0.6 is 0 Å². The van der Waals surface area contributed by atoms with Gasteiger partial charge in [0.15, 0.2) is 0 Å². The summed E-state index contributed by atoms with van der Waals surface area (Å²) in [6, 6.07) is 29.2. The zero-order chi connectivity index (χ0) is 26.3. The molecule has 6 heteroatoms. The summed E-state index contributed by atoms with van der Waals surface area (Å²) in [6.45, 7) is 11.2. The third kappa shape index (κ3) is 7.02. The second kappa shape index (κ2) is 14.4. The predicted molar refractivity (Wildman–Crippen MR) is 166 cm³/mol. The molecule has 2 bridgehead atoms. The molecule has 40 heavy (non-hydrogen) atoms. The topological polar surface area (TPSA) is 51.4 Å². The maximum atomic E-state index is 3.69. The van der Waals surface area contributed by atoms with Crippen LogP contribution in [0.3, 0.4) is 0 Å². The molecule has 1 radical (unpaired) electrons. The summed E-state index contributed by atoms with van der Waals surface area (Å²) in [5, 5.41) is 22.8. The van der Waals surface area contributed by atoms with Gasteiger partial charge in [-0.3, -0.25) is 4.90 Å². The molecule has 0 aromatic heterocycles. The largest absolute Gasteiger partial charge is 2.00 e. The number of fused-ring (bicyclic) bond motifs is 2. The molecule has 0 unspecified atom stereocenters. The van der Waals surface area contributed by atoms with Crippen molar-refractivity contribution in [1.82, 2.24) is 26.2 Å². The molecular weight excluding hydrogens is 533 g/mol. The maximum absolute atomic E-state index is 3.69. The zero-order valence-electron chi connectivity index (χ0n) is 23.3. The van der Waals surface area contributed by atoms with E-state index in [-0.39, 0.29) is 17.1 Å². The average molecular weight is 575 g/mol. The van der Waals surface area contributed by atoms with Crippen molar-refractivity contribution in [2.24, 2.45) is 0 Å². The molecule has 0 saturated heterocycles. The minimum absolute atomic E-state index is 0. The average Bonchev–Trinajstić information content (AvgIpc) is 2.97. The van der Waals surface area contributed by atoms with Gasteiger partial charge in [-0.15, -0.1) is 0 Å². The molecule has 0 fully saturated rings. The molecule has 207 valence electrons. The van der Waals surface area contributed by atoms with Gasteiger partial charge in [0, 0.05) is 58.9 Å². The van der Waals surface area contributed by atoms with Gasteiger partial charge >= 0.3 is 17.1 Å². The van der Waals surface area contributed by atoms with Crippen molar-refractivity contribution in [2.45, 2.75) is 26.1 Å². The van der Waals surface area contributed by atoms with E-state index in [0.717, 1.165) is 78.4 Å². The van der Waals surface area contributed by atoms with Gasteiger partial charge in [0.1, 0.15) is 0 Å². The van der Waals surface area contributed by atoms with E-state index in [1.165, 1.54) is 49.0 Å². The Morgan fingerprint density at radius 1 is 0.650 bits per heavy atom. The Morgan fingerprint density at radius 3 is 2.02 bits per heavy atom. The molecule has 1 aliphatic heterocycles. The van der Waals surface area contributed by atoms with E-state index < -0.39 is 0 Å². The van der Waals surface area contributed by atoms with Crippen LogP contribution in [0, 0.1) is 0 Å². The monoisotopic (exact) mass is 574 g/mol. The fourth-order valence-corrected chi connectivity index (χ4v) is 6.00. The number of rotatable bonds is 9. The van der Waals surface area contributed by atoms with Crippen LogP contribution in [0.15, 0.2) is 78.9 Å². The van der Waals surface area contributed by atoms with Gasteiger partial charge in [-0.25, -0.2) is 0 Å². The zero-order valence-corrected chi connectivity index (χ0v) is 24.5. The molecule has 0 atom stereocenters. The third-order valence-electron chi connectivity index (χ3n) is 8.11. The Hall–Kier alpha value is -2.54. The van der Waals surface area contributed by atoms with Crippen LogP contribution in [-0.2, 0) is 36.7 Å². The molecule has 0 spiro atoms. The molecule has 1 heterocycles. The van der Waals surface area contributed by atoms with Crippen molar-refractivity contribution < 1.29 is 17.1 Å². The van der Waals surface area contributed by atoms with Gasteiger partial charge < -0.3 is 21.3 Å². The number of benzene rings is 5. The van der Waals surface area contributed by atoms with Gasteiger partial charge in [0.2, 0.25) is 0 Å². The van der Waals surface area contributed by atoms with Crippen LogP contribution in [0.1, 0.15) is 23.1 Å². The van der Waals surface area contributed by atoms with Crippen molar-refractivity contribution in [1.29, 1.82) is 0 Å². The van der Waals surface area contributed by atoms with Gasteiger partial charge in [0.25, 0.3) is 0 Å². The maximum Gasteiger partial charge on any atom is 2.00 e. The molecule has 6 rings (SSSR count). The quantitative estimate of drug-likeness (QED) is 0.115. The van der Waals surface area contributed by atoms with Crippen LogP contribution < -0.4 is 21.3 Å². The second-order valence-electron chi connectivity index (χ2n) is 10.9. The van der Waals surface area contributed by atoms with Crippen molar-refractivity contribution in [3.8, 4) is 0 Å². The van der Waals surface area contributed by atoms with E-state index in [4.69, 9.17) is 0 Å². The van der Waals surface area contributed by atoms with E-state index in [0.29, 0.717) is 0 Å². The van der Waals surface area contributed by atoms with Gasteiger partial charge in [-0.1, -0.05) is 78.9 Å². The van der Waals surface area contributed by atoms with Crippen molar-refractivity contribution >= 4 is 32.3 Å². The SMILES string of the molecule is [Mn+2].c1cc2cc(c1)CNCCN(CCNCCCNCc1ccc3ccc4cccc5ccc1c3c45)CCNC2. The normalized spacial score (nSPS) is 15.2. The Kier molecular flexibility index (Phi) is 10.4. The summed E-state index contributed by atoms with van der Waals surface area (Å²) in [7, 11) is 0. The molecule has 1 aliphatic rings. The van der Waals surface area contributed by atoms with Crippen LogP contribution in [0.5, 0.6) is 0 Å². The smallest absolute Gasteiger partial charge is 0.315 e. The molecule has 5 aromatic carbocycles. The number of hydrogen-bond acceptors (Lipinski definition) is 5.